The highest BCUT2D eigenvalue weighted by atomic mass is 16.5. The first-order valence-corrected chi connectivity index (χ1v) is 6.01. The largest absolute Gasteiger partial charge is 0.468 e. The van der Waals surface area contributed by atoms with Crippen molar-refractivity contribution in [2.45, 2.75) is 45.1 Å². The summed E-state index contributed by atoms with van der Waals surface area (Å²) >= 11 is 0. The summed E-state index contributed by atoms with van der Waals surface area (Å²) in [5.41, 5.74) is -0.819. The van der Waals surface area contributed by atoms with Crippen molar-refractivity contribution in [2.24, 2.45) is 5.41 Å². The Morgan fingerprint density at radius 3 is 2.50 bits per heavy atom. The number of methoxy groups -OCH3 is 1. The highest BCUT2D eigenvalue weighted by Gasteiger charge is 2.59. The Balaban J connectivity index is 2.09. The minimum atomic E-state index is -0.819. The van der Waals surface area contributed by atoms with Crippen molar-refractivity contribution in [3.63, 3.8) is 0 Å². The zero-order valence-electron chi connectivity index (χ0n) is 9.99. The number of piperidine rings is 1. The highest BCUT2D eigenvalue weighted by Crippen LogP contribution is 2.49. The number of nitrogens with zero attached hydrogens (tertiary/aromatic N) is 1. The van der Waals surface area contributed by atoms with Crippen LogP contribution in [-0.4, -0.2) is 36.5 Å². The first-order chi connectivity index (χ1) is 7.62. The van der Waals surface area contributed by atoms with Crippen molar-refractivity contribution < 1.29 is 14.3 Å². The summed E-state index contributed by atoms with van der Waals surface area (Å²) in [7, 11) is 1.36. The maximum Gasteiger partial charge on any atom is 0.321 e. The van der Waals surface area contributed by atoms with Gasteiger partial charge in [0.25, 0.3) is 0 Å². The fraction of sp³-hybridized carbons (Fsp3) is 0.833. The van der Waals surface area contributed by atoms with E-state index in [9.17, 15) is 9.59 Å². The number of hydrogen-bond acceptors (Lipinski definition) is 3. The standard InChI is InChI=1S/C12H19NO3/c1-9-5-3-4-8-13(9)10(14)12(6-7-12)11(15)16-2/h9H,3-8H2,1-2H3. The molecule has 1 heterocycles. The molecule has 90 valence electrons. The lowest BCUT2D eigenvalue weighted by molar-refractivity contribution is -0.157. The average Bonchev–Trinajstić information content (AvgIpc) is 3.09. The Morgan fingerprint density at radius 1 is 1.31 bits per heavy atom. The molecule has 1 unspecified atom stereocenters. The van der Waals surface area contributed by atoms with Crippen molar-refractivity contribution in [1.82, 2.24) is 4.90 Å². The molecule has 0 aromatic carbocycles. The van der Waals surface area contributed by atoms with Crippen LogP contribution in [0.25, 0.3) is 0 Å². The molecule has 0 N–H and O–H groups in total. The number of ether oxygens (including phenoxy) is 1. The predicted octanol–water partition coefficient (Wildman–Crippen LogP) is 1.34. The molecule has 1 aliphatic carbocycles. The van der Waals surface area contributed by atoms with Gasteiger partial charge in [-0.2, -0.15) is 0 Å². The topological polar surface area (TPSA) is 46.6 Å². The molecule has 0 radical (unpaired) electrons. The van der Waals surface area contributed by atoms with E-state index in [0.717, 1.165) is 19.4 Å². The summed E-state index contributed by atoms with van der Waals surface area (Å²) in [6, 6.07) is 0.267. The number of rotatable bonds is 2. The van der Waals surface area contributed by atoms with Crippen LogP contribution in [0.3, 0.4) is 0 Å². The van der Waals surface area contributed by atoms with Gasteiger partial charge in [0.2, 0.25) is 5.91 Å². The van der Waals surface area contributed by atoms with E-state index < -0.39 is 5.41 Å². The Kier molecular flexibility index (Phi) is 2.91. The molecule has 4 nitrogen and oxygen atoms in total. The lowest BCUT2D eigenvalue weighted by Crippen LogP contribution is -2.48. The molecule has 2 aliphatic rings. The van der Waals surface area contributed by atoms with Gasteiger partial charge in [-0.25, -0.2) is 0 Å². The third-order valence-electron chi connectivity index (χ3n) is 3.80. The molecule has 0 aromatic rings. The quantitative estimate of drug-likeness (QED) is 0.526. The van der Waals surface area contributed by atoms with Crippen LogP contribution in [0.2, 0.25) is 0 Å². The smallest absolute Gasteiger partial charge is 0.321 e. The molecular weight excluding hydrogens is 206 g/mol. The van der Waals surface area contributed by atoms with Crippen LogP contribution in [0.5, 0.6) is 0 Å². The van der Waals surface area contributed by atoms with Gasteiger partial charge in [0, 0.05) is 12.6 Å². The molecule has 16 heavy (non-hydrogen) atoms. The van der Waals surface area contributed by atoms with Crippen LogP contribution in [0.4, 0.5) is 0 Å². The minimum Gasteiger partial charge on any atom is -0.468 e. The molecule has 1 atom stereocenters. The molecule has 1 saturated carbocycles. The Hall–Kier alpha value is -1.06. The summed E-state index contributed by atoms with van der Waals surface area (Å²) in [6.45, 7) is 2.85. The van der Waals surface area contributed by atoms with Crippen LogP contribution in [0, 0.1) is 5.41 Å². The van der Waals surface area contributed by atoms with E-state index in [-0.39, 0.29) is 17.9 Å². The lowest BCUT2D eigenvalue weighted by atomic mass is 9.98. The number of carbonyl (C=O) groups excluding carboxylic acids is 2. The van der Waals surface area contributed by atoms with Crippen LogP contribution in [0.1, 0.15) is 39.0 Å². The van der Waals surface area contributed by atoms with Gasteiger partial charge >= 0.3 is 5.97 Å². The third-order valence-corrected chi connectivity index (χ3v) is 3.80. The van der Waals surface area contributed by atoms with Gasteiger partial charge in [-0.15, -0.1) is 0 Å². The van der Waals surface area contributed by atoms with E-state index in [1.54, 1.807) is 0 Å². The fourth-order valence-corrected chi connectivity index (χ4v) is 2.50. The van der Waals surface area contributed by atoms with Crippen molar-refractivity contribution in [3.05, 3.63) is 0 Å². The van der Waals surface area contributed by atoms with Gasteiger partial charge in [-0.05, 0) is 39.0 Å². The molecule has 1 aliphatic heterocycles. The van der Waals surface area contributed by atoms with Crippen LogP contribution in [0.15, 0.2) is 0 Å². The van der Waals surface area contributed by atoms with E-state index in [4.69, 9.17) is 4.74 Å². The SMILES string of the molecule is COC(=O)C1(C(=O)N2CCCCC2C)CC1. The van der Waals surface area contributed by atoms with E-state index in [1.807, 2.05) is 4.90 Å². The van der Waals surface area contributed by atoms with E-state index in [0.29, 0.717) is 12.8 Å². The summed E-state index contributed by atoms with van der Waals surface area (Å²) in [4.78, 5) is 25.8. The first kappa shape index (κ1) is 11.4. The van der Waals surface area contributed by atoms with E-state index in [1.165, 1.54) is 13.5 Å². The second kappa shape index (κ2) is 4.07. The predicted molar refractivity (Wildman–Crippen MR) is 58.7 cm³/mol. The second-order valence-corrected chi connectivity index (χ2v) is 4.92. The maximum atomic E-state index is 12.3. The van der Waals surface area contributed by atoms with Crippen molar-refractivity contribution in [3.8, 4) is 0 Å². The van der Waals surface area contributed by atoms with Crippen molar-refractivity contribution >= 4 is 11.9 Å². The molecule has 0 aromatic heterocycles. The monoisotopic (exact) mass is 225 g/mol. The van der Waals surface area contributed by atoms with Gasteiger partial charge in [-0.1, -0.05) is 0 Å². The highest BCUT2D eigenvalue weighted by molar-refractivity contribution is 6.05. The van der Waals surface area contributed by atoms with Crippen LogP contribution >= 0.6 is 0 Å². The number of amides is 1. The first-order valence-electron chi connectivity index (χ1n) is 6.01. The number of likely N-dealkylation sites (tertiary alicyclic amines) is 1. The Labute approximate surface area is 95.9 Å². The van der Waals surface area contributed by atoms with Crippen molar-refractivity contribution in [1.29, 1.82) is 0 Å². The molecular formula is C12H19NO3. The van der Waals surface area contributed by atoms with E-state index in [2.05, 4.69) is 6.92 Å². The summed E-state index contributed by atoms with van der Waals surface area (Å²) in [5.74, 6) is -0.359. The van der Waals surface area contributed by atoms with E-state index >= 15 is 0 Å². The zero-order chi connectivity index (χ0) is 11.8. The number of carbonyl (C=O) groups is 2. The molecule has 2 rings (SSSR count). The summed E-state index contributed by atoms with van der Waals surface area (Å²) in [6.07, 6.45) is 4.58. The summed E-state index contributed by atoms with van der Waals surface area (Å²) in [5, 5.41) is 0. The normalized spacial score (nSPS) is 27.4. The Morgan fingerprint density at radius 2 is 2.00 bits per heavy atom. The zero-order valence-corrected chi connectivity index (χ0v) is 9.99. The molecule has 1 amide bonds. The molecule has 2 fully saturated rings. The Bertz CT molecular complexity index is 309. The second-order valence-electron chi connectivity index (χ2n) is 4.92. The number of esters is 1. The van der Waals surface area contributed by atoms with Gasteiger partial charge in [0.1, 0.15) is 5.41 Å². The van der Waals surface area contributed by atoms with Gasteiger partial charge in [-0.3, -0.25) is 9.59 Å². The van der Waals surface area contributed by atoms with Gasteiger partial charge < -0.3 is 9.64 Å². The van der Waals surface area contributed by atoms with Crippen LogP contribution < -0.4 is 0 Å². The van der Waals surface area contributed by atoms with Crippen LogP contribution in [-0.2, 0) is 14.3 Å². The molecule has 0 bridgehead atoms. The molecule has 4 heteroatoms. The lowest BCUT2D eigenvalue weighted by Gasteiger charge is -2.35. The van der Waals surface area contributed by atoms with Gasteiger partial charge in [0.15, 0.2) is 0 Å². The van der Waals surface area contributed by atoms with Gasteiger partial charge in [0.05, 0.1) is 7.11 Å². The summed E-state index contributed by atoms with van der Waals surface area (Å²) < 4.78 is 4.74. The number of hydrogen-bond donors (Lipinski definition) is 0. The maximum absolute atomic E-state index is 12.3. The minimum absolute atomic E-state index is 0.00782. The average molecular weight is 225 g/mol. The third kappa shape index (κ3) is 1.70. The molecule has 0 spiro atoms. The molecule has 1 saturated heterocycles. The van der Waals surface area contributed by atoms with Crippen molar-refractivity contribution in [2.75, 3.05) is 13.7 Å². The fourth-order valence-electron chi connectivity index (χ4n) is 2.50.